The number of rotatable bonds is 8. The van der Waals surface area contributed by atoms with E-state index in [1.165, 1.54) is 51.2 Å². The molecule has 1 saturated heterocycles. The molecule has 1 aliphatic rings. The number of hydrogen-bond acceptors (Lipinski definition) is 5. The van der Waals surface area contributed by atoms with Gasteiger partial charge in [0.15, 0.2) is 0 Å². The van der Waals surface area contributed by atoms with Gasteiger partial charge in [-0.1, -0.05) is 12.1 Å². The van der Waals surface area contributed by atoms with Gasteiger partial charge in [-0.15, -0.1) is 0 Å². The maximum absolute atomic E-state index is 12.6. The summed E-state index contributed by atoms with van der Waals surface area (Å²) < 4.78 is 31.4. The first-order valence-electron chi connectivity index (χ1n) is 10.1. The summed E-state index contributed by atoms with van der Waals surface area (Å²) in [6.45, 7) is 2.28. The zero-order chi connectivity index (χ0) is 21.6. The summed E-state index contributed by atoms with van der Waals surface area (Å²) in [4.78, 5) is 14.8. The Morgan fingerprint density at radius 2 is 1.67 bits per heavy atom. The second-order valence-corrected chi connectivity index (χ2v) is 9.47. The molecule has 0 bridgehead atoms. The maximum atomic E-state index is 12.6. The van der Waals surface area contributed by atoms with Crippen molar-refractivity contribution in [1.82, 2.24) is 9.62 Å². The first-order valence-corrected chi connectivity index (χ1v) is 11.5. The zero-order valence-electron chi connectivity index (χ0n) is 17.5. The molecule has 1 fully saturated rings. The fourth-order valence-electron chi connectivity index (χ4n) is 3.45. The van der Waals surface area contributed by atoms with Gasteiger partial charge in [-0.2, -0.15) is 4.31 Å². The van der Waals surface area contributed by atoms with E-state index in [0.717, 1.165) is 23.0 Å². The van der Waals surface area contributed by atoms with Gasteiger partial charge >= 0.3 is 0 Å². The van der Waals surface area contributed by atoms with Crippen LogP contribution in [-0.4, -0.2) is 52.4 Å². The minimum atomic E-state index is -3.75. The fourth-order valence-corrected chi connectivity index (χ4v) is 4.58. The van der Waals surface area contributed by atoms with Crippen LogP contribution in [0.4, 0.5) is 5.69 Å². The Morgan fingerprint density at radius 3 is 2.27 bits per heavy atom. The van der Waals surface area contributed by atoms with Crippen LogP contribution in [-0.2, 0) is 21.4 Å². The first-order chi connectivity index (χ1) is 14.4. The van der Waals surface area contributed by atoms with Gasteiger partial charge < -0.3 is 15.0 Å². The van der Waals surface area contributed by atoms with Crippen molar-refractivity contribution < 1.29 is 17.9 Å². The predicted octanol–water partition coefficient (Wildman–Crippen LogP) is 2.62. The van der Waals surface area contributed by atoms with E-state index in [2.05, 4.69) is 22.3 Å². The molecule has 0 atom stereocenters. The van der Waals surface area contributed by atoms with E-state index in [1.807, 2.05) is 12.1 Å². The summed E-state index contributed by atoms with van der Waals surface area (Å²) in [6, 6.07) is 14.2. The number of sulfonamides is 1. The Kier molecular flexibility index (Phi) is 7.33. The number of anilines is 1. The lowest BCUT2D eigenvalue weighted by Crippen LogP contribution is -2.38. The van der Waals surface area contributed by atoms with Gasteiger partial charge in [-0.25, -0.2) is 8.42 Å². The first kappa shape index (κ1) is 22.1. The van der Waals surface area contributed by atoms with E-state index >= 15 is 0 Å². The highest BCUT2D eigenvalue weighted by atomic mass is 32.2. The molecule has 0 unspecified atom stereocenters. The van der Waals surface area contributed by atoms with Crippen LogP contribution in [0, 0.1) is 0 Å². The number of methoxy groups -OCH3 is 1. The zero-order valence-corrected chi connectivity index (χ0v) is 18.3. The molecule has 0 aliphatic carbocycles. The van der Waals surface area contributed by atoms with Crippen LogP contribution < -0.4 is 15.0 Å². The molecule has 2 aromatic rings. The van der Waals surface area contributed by atoms with Crippen LogP contribution in [0.5, 0.6) is 5.75 Å². The molecule has 7 nitrogen and oxygen atoms in total. The molecule has 1 N–H and O–H groups in total. The molecule has 30 heavy (non-hydrogen) atoms. The molecule has 0 spiro atoms. The summed E-state index contributed by atoms with van der Waals surface area (Å²) in [6.07, 6.45) is 3.75. The number of likely N-dealkylation sites (N-methyl/N-ethyl adjacent to an activating group) is 1. The third kappa shape index (κ3) is 5.52. The fraction of sp³-hybridized carbons (Fsp3) is 0.409. The van der Waals surface area contributed by atoms with Gasteiger partial charge in [0, 0.05) is 32.4 Å². The lowest BCUT2D eigenvalue weighted by atomic mass is 10.1. The van der Waals surface area contributed by atoms with E-state index in [-0.39, 0.29) is 17.3 Å². The Morgan fingerprint density at radius 1 is 1.03 bits per heavy atom. The lowest BCUT2D eigenvalue weighted by Gasteiger charge is -2.28. The van der Waals surface area contributed by atoms with Crippen molar-refractivity contribution in [2.45, 2.75) is 30.7 Å². The Balaban J connectivity index is 1.52. The van der Waals surface area contributed by atoms with Crippen molar-refractivity contribution in [3.05, 3.63) is 54.1 Å². The van der Waals surface area contributed by atoms with Crippen LogP contribution in [0.1, 0.15) is 24.8 Å². The largest absolute Gasteiger partial charge is 0.497 e. The third-order valence-corrected chi connectivity index (χ3v) is 7.10. The summed E-state index contributed by atoms with van der Waals surface area (Å²) in [5.41, 5.74) is 2.18. The second kappa shape index (κ2) is 9.95. The monoisotopic (exact) mass is 431 g/mol. The Labute approximate surface area is 178 Å². The second-order valence-electron chi connectivity index (χ2n) is 7.43. The summed E-state index contributed by atoms with van der Waals surface area (Å²) >= 11 is 0. The van der Waals surface area contributed by atoms with Crippen molar-refractivity contribution in [3.63, 3.8) is 0 Å². The van der Waals surface area contributed by atoms with Gasteiger partial charge in [0.2, 0.25) is 15.9 Å². The van der Waals surface area contributed by atoms with E-state index in [0.29, 0.717) is 12.3 Å². The van der Waals surface area contributed by atoms with E-state index < -0.39 is 10.0 Å². The number of ether oxygens (including phenoxy) is 1. The van der Waals surface area contributed by atoms with Crippen molar-refractivity contribution in [3.8, 4) is 5.75 Å². The summed E-state index contributed by atoms with van der Waals surface area (Å²) in [7, 11) is -0.838. The number of carbonyl (C=O) groups is 1. The van der Waals surface area contributed by atoms with E-state index in [9.17, 15) is 13.2 Å². The molecular formula is C22H29N3O4S. The molecule has 1 aliphatic heterocycles. The highest BCUT2D eigenvalue weighted by molar-refractivity contribution is 7.89. The smallest absolute Gasteiger partial charge is 0.243 e. The molecule has 1 heterocycles. The molecular weight excluding hydrogens is 402 g/mol. The van der Waals surface area contributed by atoms with Crippen molar-refractivity contribution in [2.24, 2.45) is 0 Å². The van der Waals surface area contributed by atoms with Gasteiger partial charge in [0.25, 0.3) is 0 Å². The number of nitrogens with zero attached hydrogens (tertiary/aromatic N) is 2. The van der Waals surface area contributed by atoms with Crippen LogP contribution >= 0.6 is 0 Å². The molecule has 0 saturated carbocycles. The minimum absolute atomic E-state index is 0.118. The number of carbonyl (C=O) groups excluding carboxylic acids is 1. The molecule has 1 amide bonds. The van der Waals surface area contributed by atoms with Crippen LogP contribution in [0.25, 0.3) is 0 Å². The third-order valence-electron chi connectivity index (χ3n) is 5.28. The maximum Gasteiger partial charge on any atom is 0.243 e. The summed E-state index contributed by atoms with van der Waals surface area (Å²) in [5, 5.41) is 2.79. The number of nitrogens with one attached hydrogen (secondary N) is 1. The standard InChI is InChI=1S/C22H29N3O4S/c1-24(30(27,28)21-12-10-20(29-2)11-13-21)17-22(26)23-16-18-6-8-19(9-7-18)25-14-4-3-5-15-25/h6-13H,3-5,14-17H2,1-2H3,(H,23,26). The molecule has 3 rings (SSSR count). The Bertz CT molecular complexity index is 937. The van der Waals surface area contributed by atoms with Gasteiger partial charge in [0.05, 0.1) is 18.6 Å². The quantitative estimate of drug-likeness (QED) is 0.695. The van der Waals surface area contributed by atoms with Gasteiger partial charge in [-0.3, -0.25) is 4.79 Å². The average molecular weight is 432 g/mol. The number of piperidine rings is 1. The number of hydrogen-bond donors (Lipinski definition) is 1. The average Bonchev–Trinajstić information content (AvgIpc) is 2.78. The van der Waals surface area contributed by atoms with E-state index in [4.69, 9.17) is 4.74 Å². The number of benzene rings is 2. The normalized spacial score (nSPS) is 14.6. The van der Waals surface area contributed by atoms with Crippen molar-refractivity contribution in [1.29, 1.82) is 0 Å². The molecule has 0 radical (unpaired) electrons. The predicted molar refractivity (Wildman–Crippen MR) is 117 cm³/mol. The van der Waals surface area contributed by atoms with Crippen molar-refractivity contribution in [2.75, 3.05) is 38.7 Å². The highest BCUT2D eigenvalue weighted by Crippen LogP contribution is 2.20. The van der Waals surface area contributed by atoms with Crippen LogP contribution in [0.15, 0.2) is 53.4 Å². The topological polar surface area (TPSA) is 79.0 Å². The highest BCUT2D eigenvalue weighted by Gasteiger charge is 2.23. The minimum Gasteiger partial charge on any atom is -0.497 e. The summed E-state index contributed by atoms with van der Waals surface area (Å²) in [5.74, 6) is 0.218. The van der Waals surface area contributed by atoms with Crippen LogP contribution in [0.3, 0.4) is 0 Å². The molecule has 2 aromatic carbocycles. The molecule has 0 aromatic heterocycles. The Hall–Kier alpha value is -2.58. The lowest BCUT2D eigenvalue weighted by molar-refractivity contribution is -0.121. The van der Waals surface area contributed by atoms with Gasteiger partial charge in [0.1, 0.15) is 5.75 Å². The molecule has 162 valence electrons. The number of amides is 1. The van der Waals surface area contributed by atoms with Crippen molar-refractivity contribution >= 4 is 21.6 Å². The van der Waals surface area contributed by atoms with Crippen LogP contribution in [0.2, 0.25) is 0 Å². The van der Waals surface area contributed by atoms with Gasteiger partial charge in [-0.05, 0) is 61.2 Å². The molecule has 8 heteroatoms. The van der Waals surface area contributed by atoms with E-state index in [1.54, 1.807) is 12.1 Å². The SMILES string of the molecule is COc1ccc(S(=O)(=O)N(C)CC(=O)NCc2ccc(N3CCCCC3)cc2)cc1.